The minimum absolute atomic E-state index is 0.0720. The smallest absolute Gasteiger partial charge is 0.338 e. The van der Waals surface area contributed by atoms with Crippen molar-refractivity contribution in [2.75, 3.05) is 6.61 Å². The highest BCUT2D eigenvalue weighted by Crippen LogP contribution is 2.37. The van der Waals surface area contributed by atoms with E-state index in [1.807, 2.05) is 27.8 Å². The summed E-state index contributed by atoms with van der Waals surface area (Å²) in [7, 11) is 1.95. The van der Waals surface area contributed by atoms with Crippen molar-refractivity contribution < 1.29 is 23.7 Å². The summed E-state index contributed by atoms with van der Waals surface area (Å²) in [6, 6.07) is 8.84. The van der Waals surface area contributed by atoms with Gasteiger partial charge in [0.15, 0.2) is 5.79 Å². The Bertz CT molecular complexity index is 518. The van der Waals surface area contributed by atoms with Crippen molar-refractivity contribution >= 4 is 13.8 Å². The molecule has 0 saturated carbocycles. The lowest BCUT2D eigenvalue weighted by Crippen LogP contribution is -2.33. The van der Waals surface area contributed by atoms with E-state index in [1.54, 1.807) is 24.3 Å². The lowest BCUT2D eigenvalue weighted by atomic mass is 9.93. The summed E-state index contributed by atoms with van der Waals surface area (Å²) in [5.74, 6) is -0.969. The molecule has 2 fully saturated rings. The molecule has 0 N–H and O–H groups in total. The average molecular weight is 290 g/mol. The lowest BCUT2D eigenvalue weighted by molar-refractivity contribution is -0.182. The molecule has 112 valence electrons. The molecule has 5 nitrogen and oxygen atoms in total. The standard InChI is InChI=1S/C15H19BO5/c1-15(2)20-11-10(19-13(16)12(11)21-15)8-18-14(17)9-6-4-3-5-7-9/h3-7,10-13H,8,16H2,1-2H3/t10-,11+,12?,13-/m1/s1. The van der Waals surface area contributed by atoms with Gasteiger partial charge in [0.25, 0.3) is 0 Å². The number of rotatable bonds is 3. The van der Waals surface area contributed by atoms with E-state index in [9.17, 15) is 4.79 Å². The molecule has 2 saturated heterocycles. The van der Waals surface area contributed by atoms with Gasteiger partial charge in [-0.1, -0.05) is 18.2 Å². The maximum absolute atomic E-state index is 12.0. The zero-order valence-electron chi connectivity index (χ0n) is 12.4. The quantitative estimate of drug-likeness (QED) is 0.606. The summed E-state index contributed by atoms with van der Waals surface area (Å²) in [6.07, 6.45) is -0.599. The fourth-order valence-electron chi connectivity index (χ4n) is 2.85. The molecule has 1 unspecified atom stereocenters. The number of hydrogen-bond acceptors (Lipinski definition) is 5. The third-order valence-electron chi connectivity index (χ3n) is 3.77. The summed E-state index contributed by atoms with van der Waals surface area (Å²) in [5, 5.41) is 0. The Hall–Kier alpha value is -1.37. The first-order valence-corrected chi connectivity index (χ1v) is 7.19. The topological polar surface area (TPSA) is 54.0 Å². The maximum atomic E-state index is 12.0. The maximum Gasteiger partial charge on any atom is 0.338 e. The van der Waals surface area contributed by atoms with Crippen LogP contribution in [0, 0.1) is 0 Å². The van der Waals surface area contributed by atoms with Gasteiger partial charge in [-0.2, -0.15) is 0 Å². The van der Waals surface area contributed by atoms with Crippen molar-refractivity contribution in [1.29, 1.82) is 0 Å². The van der Waals surface area contributed by atoms with E-state index in [-0.39, 0.29) is 36.9 Å². The van der Waals surface area contributed by atoms with Crippen LogP contribution in [0.3, 0.4) is 0 Å². The minimum Gasteiger partial charge on any atom is -0.459 e. The Labute approximate surface area is 124 Å². The molecule has 0 amide bonds. The van der Waals surface area contributed by atoms with Crippen LogP contribution in [-0.4, -0.2) is 50.5 Å². The van der Waals surface area contributed by atoms with Gasteiger partial charge in [-0.05, 0) is 26.0 Å². The largest absolute Gasteiger partial charge is 0.459 e. The molecule has 0 radical (unpaired) electrons. The van der Waals surface area contributed by atoms with Crippen LogP contribution in [0.4, 0.5) is 0 Å². The minimum atomic E-state index is -0.616. The van der Waals surface area contributed by atoms with Gasteiger partial charge in [0.05, 0.1) is 11.6 Å². The van der Waals surface area contributed by atoms with Crippen LogP contribution in [-0.2, 0) is 18.9 Å². The number of fused-ring (bicyclic) bond motifs is 1. The summed E-state index contributed by atoms with van der Waals surface area (Å²) >= 11 is 0. The van der Waals surface area contributed by atoms with E-state index in [2.05, 4.69) is 0 Å². The van der Waals surface area contributed by atoms with E-state index in [1.165, 1.54) is 0 Å². The third-order valence-corrected chi connectivity index (χ3v) is 3.77. The Morgan fingerprint density at radius 2 is 1.90 bits per heavy atom. The molecule has 6 heteroatoms. The van der Waals surface area contributed by atoms with Gasteiger partial charge in [-0.15, -0.1) is 0 Å². The summed E-state index contributed by atoms with van der Waals surface area (Å²) in [6.45, 7) is 3.93. The van der Waals surface area contributed by atoms with E-state index in [0.29, 0.717) is 5.56 Å². The molecule has 3 rings (SSSR count). The van der Waals surface area contributed by atoms with Gasteiger partial charge < -0.3 is 18.9 Å². The Morgan fingerprint density at radius 1 is 1.24 bits per heavy atom. The van der Waals surface area contributed by atoms with E-state index >= 15 is 0 Å². The molecule has 2 aliphatic heterocycles. The van der Waals surface area contributed by atoms with Crippen LogP contribution < -0.4 is 0 Å². The number of carbonyl (C=O) groups is 1. The van der Waals surface area contributed by atoms with Gasteiger partial charge in [-0.3, -0.25) is 0 Å². The van der Waals surface area contributed by atoms with Crippen LogP contribution in [0.5, 0.6) is 0 Å². The predicted molar refractivity (Wildman–Crippen MR) is 77.8 cm³/mol. The monoisotopic (exact) mass is 290 g/mol. The summed E-state index contributed by atoms with van der Waals surface area (Å²) in [4.78, 5) is 12.0. The van der Waals surface area contributed by atoms with Gasteiger partial charge >= 0.3 is 5.97 Å². The van der Waals surface area contributed by atoms with E-state index in [4.69, 9.17) is 18.9 Å². The van der Waals surface area contributed by atoms with Crippen molar-refractivity contribution in [3.05, 3.63) is 35.9 Å². The SMILES string of the molecule is B[C@@H]1O[C@H](COC(=O)c2ccccc2)[C@@H]2OC(C)(C)OC12. The molecule has 0 spiro atoms. The number of benzene rings is 1. The highest BCUT2D eigenvalue weighted by Gasteiger charge is 2.53. The summed E-state index contributed by atoms with van der Waals surface area (Å²) in [5.41, 5.74) is 0.531. The van der Waals surface area contributed by atoms with Gasteiger partial charge in [-0.25, -0.2) is 4.79 Å². The molecule has 0 aliphatic carbocycles. The zero-order chi connectivity index (χ0) is 15.0. The Morgan fingerprint density at radius 3 is 2.62 bits per heavy atom. The van der Waals surface area contributed by atoms with Crippen molar-refractivity contribution in [2.45, 2.75) is 43.9 Å². The molecule has 0 bridgehead atoms. The molecule has 2 heterocycles. The number of hydrogen-bond donors (Lipinski definition) is 0. The van der Waals surface area contributed by atoms with Gasteiger partial charge in [0.1, 0.15) is 32.8 Å². The third kappa shape index (κ3) is 2.97. The molecule has 0 aromatic heterocycles. The second-order valence-corrected chi connectivity index (χ2v) is 5.91. The highest BCUT2D eigenvalue weighted by molar-refractivity contribution is 6.11. The van der Waals surface area contributed by atoms with Gasteiger partial charge in [0.2, 0.25) is 0 Å². The molecule has 4 atom stereocenters. The molecular weight excluding hydrogens is 271 g/mol. The summed E-state index contributed by atoms with van der Waals surface area (Å²) < 4.78 is 22.8. The lowest BCUT2D eigenvalue weighted by Gasteiger charge is -2.23. The van der Waals surface area contributed by atoms with Gasteiger partial charge in [0, 0.05) is 0 Å². The molecule has 21 heavy (non-hydrogen) atoms. The Balaban J connectivity index is 1.60. The zero-order valence-corrected chi connectivity index (χ0v) is 12.4. The number of ether oxygens (including phenoxy) is 4. The average Bonchev–Trinajstić information content (AvgIpc) is 2.92. The normalized spacial score (nSPS) is 33.6. The molecule has 2 aliphatic rings. The fraction of sp³-hybridized carbons (Fsp3) is 0.533. The fourth-order valence-corrected chi connectivity index (χ4v) is 2.85. The van der Waals surface area contributed by atoms with Crippen LogP contribution in [0.2, 0.25) is 0 Å². The number of carbonyl (C=O) groups excluding carboxylic acids is 1. The first-order valence-electron chi connectivity index (χ1n) is 7.19. The highest BCUT2D eigenvalue weighted by atomic mass is 16.8. The number of esters is 1. The van der Waals surface area contributed by atoms with E-state index < -0.39 is 5.79 Å². The Kier molecular flexibility index (Phi) is 3.77. The van der Waals surface area contributed by atoms with Crippen LogP contribution in [0.1, 0.15) is 24.2 Å². The second kappa shape index (κ2) is 5.44. The van der Waals surface area contributed by atoms with Crippen molar-refractivity contribution in [2.24, 2.45) is 0 Å². The molecule has 1 aromatic carbocycles. The van der Waals surface area contributed by atoms with Crippen LogP contribution in [0.15, 0.2) is 30.3 Å². The van der Waals surface area contributed by atoms with Crippen molar-refractivity contribution in [3.8, 4) is 0 Å². The van der Waals surface area contributed by atoms with Crippen LogP contribution >= 0.6 is 0 Å². The molecule has 1 aromatic rings. The predicted octanol–water partition coefficient (Wildman–Crippen LogP) is 0.721. The van der Waals surface area contributed by atoms with E-state index in [0.717, 1.165) is 0 Å². The van der Waals surface area contributed by atoms with Crippen LogP contribution in [0.25, 0.3) is 0 Å². The van der Waals surface area contributed by atoms with Crippen molar-refractivity contribution in [1.82, 2.24) is 0 Å². The first kappa shape index (κ1) is 14.6. The molecular formula is C15H19BO5. The van der Waals surface area contributed by atoms with Crippen molar-refractivity contribution in [3.63, 3.8) is 0 Å². The first-order chi connectivity index (χ1) is 9.96. The second-order valence-electron chi connectivity index (χ2n) is 5.91.